The molecule has 0 unspecified atom stereocenters. The summed E-state index contributed by atoms with van der Waals surface area (Å²) in [4.78, 5) is 2.12. The van der Waals surface area contributed by atoms with Gasteiger partial charge in [0.05, 0.1) is 0 Å². The van der Waals surface area contributed by atoms with Gasteiger partial charge in [-0.1, -0.05) is 54.6 Å². The fourth-order valence-corrected chi connectivity index (χ4v) is 2.98. The SMILES string of the molecule is CN(C)c1ccc(C(/C=C/c2ccccc2)=C2C=CC(=[N+](C)C)C=C2)cc1.F[B-](F)(F)F. The van der Waals surface area contributed by atoms with Gasteiger partial charge in [-0.3, -0.25) is 0 Å². The fourth-order valence-electron chi connectivity index (χ4n) is 2.98. The van der Waals surface area contributed by atoms with Crippen LogP contribution in [0.4, 0.5) is 23.0 Å². The van der Waals surface area contributed by atoms with Gasteiger partial charge in [0, 0.05) is 31.9 Å². The highest BCUT2D eigenvalue weighted by molar-refractivity contribution is 6.50. The van der Waals surface area contributed by atoms with Gasteiger partial charge >= 0.3 is 7.25 Å². The first kappa shape index (κ1) is 24.9. The minimum Gasteiger partial charge on any atom is -0.418 e. The van der Waals surface area contributed by atoms with Crippen molar-refractivity contribution in [2.45, 2.75) is 0 Å². The monoisotopic (exact) mass is 442 g/mol. The Morgan fingerprint density at radius 1 is 0.812 bits per heavy atom. The highest BCUT2D eigenvalue weighted by Gasteiger charge is 2.20. The summed E-state index contributed by atoms with van der Waals surface area (Å²) in [7, 11) is 2.26. The van der Waals surface area contributed by atoms with Crippen molar-refractivity contribution in [2.75, 3.05) is 33.1 Å². The Kier molecular flexibility index (Phi) is 8.82. The molecule has 2 nitrogen and oxygen atoms in total. The molecule has 1 aliphatic carbocycles. The van der Waals surface area contributed by atoms with Crippen LogP contribution in [-0.4, -0.2) is 45.7 Å². The maximum Gasteiger partial charge on any atom is 0.673 e. The van der Waals surface area contributed by atoms with Crippen molar-refractivity contribution < 1.29 is 21.8 Å². The van der Waals surface area contributed by atoms with Crippen LogP contribution in [0.25, 0.3) is 11.6 Å². The Labute approximate surface area is 187 Å². The van der Waals surface area contributed by atoms with Crippen LogP contribution in [0.15, 0.2) is 90.6 Å². The zero-order chi connectivity index (χ0) is 23.7. The summed E-state index contributed by atoms with van der Waals surface area (Å²) in [6, 6.07) is 19.1. The molecule has 0 atom stereocenters. The summed E-state index contributed by atoms with van der Waals surface area (Å²) >= 11 is 0. The summed E-state index contributed by atoms with van der Waals surface area (Å²) in [5, 5.41) is 0. The summed E-state index contributed by atoms with van der Waals surface area (Å²) in [5.74, 6) is 0. The number of hydrogen-bond acceptors (Lipinski definition) is 1. The molecule has 0 amide bonds. The normalized spacial score (nSPS) is 13.1. The first-order valence-corrected chi connectivity index (χ1v) is 10.1. The van der Waals surface area contributed by atoms with E-state index < -0.39 is 7.25 Å². The van der Waals surface area contributed by atoms with Crippen LogP contribution in [0.3, 0.4) is 0 Å². The molecule has 32 heavy (non-hydrogen) atoms. The molecule has 1 aliphatic rings. The Bertz CT molecular complexity index is 1020. The molecule has 0 bridgehead atoms. The fraction of sp³-hybridized carbons (Fsp3) is 0.160. The van der Waals surface area contributed by atoms with Gasteiger partial charge in [0.15, 0.2) is 5.71 Å². The van der Waals surface area contributed by atoms with Crippen LogP contribution in [0.2, 0.25) is 0 Å². The molecule has 0 saturated heterocycles. The number of halogens is 4. The minimum atomic E-state index is -6.00. The molecule has 0 saturated carbocycles. The van der Waals surface area contributed by atoms with Crippen molar-refractivity contribution >= 4 is 30.3 Å². The van der Waals surface area contributed by atoms with Crippen LogP contribution in [-0.2, 0) is 0 Å². The van der Waals surface area contributed by atoms with Crippen molar-refractivity contribution in [3.63, 3.8) is 0 Å². The van der Waals surface area contributed by atoms with Gasteiger partial charge in [-0.2, -0.15) is 0 Å². The first-order valence-electron chi connectivity index (χ1n) is 10.1. The predicted molar refractivity (Wildman–Crippen MR) is 129 cm³/mol. The zero-order valence-electron chi connectivity index (χ0n) is 18.6. The molecule has 0 radical (unpaired) electrons. The van der Waals surface area contributed by atoms with E-state index in [0.717, 1.165) is 0 Å². The van der Waals surface area contributed by atoms with Crippen LogP contribution in [0.5, 0.6) is 0 Å². The standard InChI is InChI=1S/C25H27N2.BF4/c1-26(2)23-15-11-21(12-16-23)25(19-10-20-8-6-5-7-9-20)22-13-17-24(18-14-22)27(3)4;2-1(3,4)5/h5-19H,1-4H3;/q+1;-1/b19-10+;. The molecule has 7 heteroatoms. The van der Waals surface area contributed by atoms with Crippen LogP contribution in [0.1, 0.15) is 11.1 Å². The lowest BCUT2D eigenvalue weighted by atomic mass is 9.95. The molecular formula is C25H27BF4N2. The van der Waals surface area contributed by atoms with E-state index in [9.17, 15) is 17.3 Å². The smallest absolute Gasteiger partial charge is 0.418 e. The van der Waals surface area contributed by atoms with Crippen molar-refractivity contribution in [1.82, 2.24) is 0 Å². The molecule has 0 fully saturated rings. The van der Waals surface area contributed by atoms with Crippen molar-refractivity contribution in [3.8, 4) is 0 Å². The van der Waals surface area contributed by atoms with Crippen molar-refractivity contribution in [2.24, 2.45) is 0 Å². The van der Waals surface area contributed by atoms with E-state index in [1.165, 1.54) is 33.7 Å². The lowest BCUT2D eigenvalue weighted by molar-refractivity contribution is -0.462. The molecule has 0 aliphatic heterocycles. The van der Waals surface area contributed by atoms with E-state index in [4.69, 9.17) is 0 Å². The van der Waals surface area contributed by atoms with E-state index in [0.29, 0.717) is 0 Å². The van der Waals surface area contributed by atoms with Crippen LogP contribution >= 0.6 is 0 Å². The number of hydrogen-bond donors (Lipinski definition) is 0. The van der Waals surface area contributed by atoms with E-state index in [1.54, 1.807) is 0 Å². The molecule has 0 spiro atoms. The van der Waals surface area contributed by atoms with Gasteiger partial charge in [-0.15, -0.1) is 0 Å². The number of nitrogens with zero attached hydrogens (tertiary/aromatic N) is 2. The zero-order valence-corrected chi connectivity index (χ0v) is 18.6. The van der Waals surface area contributed by atoms with Gasteiger partial charge < -0.3 is 22.2 Å². The van der Waals surface area contributed by atoms with E-state index >= 15 is 0 Å². The van der Waals surface area contributed by atoms with Gasteiger partial charge in [0.1, 0.15) is 14.1 Å². The van der Waals surface area contributed by atoms with Gasteiger partial charge in [0.2, 0.25) is 0 Å². The number of allylic oxidation sites excluding steroid dienone is 7. The summed E-state index contributed by atoms with van der Waals surface area (Å²) in [5.41, 5.74) is 7.25. The molecule has 0 N–H and O–H groups in total. The summed E-state index contributed by atoms with van der Waals surface area (Å²) < 4.78 is 41.1. The summed E-state index contributed by atoms with van der Waals surface area (Å²) in [6.07, 6.45) is 13.1. The average molecular weight is 442 g/mol. The second-order valence-corrected chi connectivity index (χ2v) is 7.54. The topological polar surface area (TPSA) is 6.25 Å². The Morgan fingerprint density at radius 2 is 1.34 bits per heavy atom. The second kappa shape index (κ2) is 11.3. The lowest BCUT2D eigenvalue weighted by Crippen LogP contribution is -2.10. The predicted octanol–water partition coefficient (Wildman–Crippen LogP) is 6.36. The van der Waals surface area contributed by atoms with Crippen LogP contribution in [0, 0.1) is 0 Å². The third-order valence-corrected chi connectivity index (χ3v) is 4.63. The lowest BCUT2D eigenvalue weighted by Gasteiger charge is -2.14. The second-order valence-electron chi connectivity index (χ2n) is 7.54. The molecule has 3 rings (SSSR count). The molecule has 2 aromatic rings. The molecule has 0 aromatic heterocycles. The van der Waals surface area contributed by atoms with E-state index in [1.807, 2.05) is 6.07 Å². The largest absolute Gasteiger partial charge is 0.673 e. The Hall–Kier alpha value is -3.35. The van der Waals surface area contributed by atoms with Gasteiger partial charge in [0.25, 0.3) is 0 Å². The Balaban J connectivity index is 0.000000654. The third-order valence-electron chi connectivity index (χ3n) is 4.63. The highest BCUT2D eigenvalue weighted by atomic mass is 19.5. The van der Waals surface area contributed by atoms with Gasteiger partial charge in [-0.25, -0.2) is 4.58 Å². The number of benzene rings is 2. The minimum absolute atomic E-state index is 1.20. The highest BCUT2D eigenvalue weighted by Crippen LogP contribution is 2.26. The number of rotatable bonds is 4. The molecule has 168 valence electrons. The van der Waals surface area contributed by atoms with Crippen molar-refractivity contribution in [1.29, 1.82) is 0 Å². The quantitative estimate of drug-likeness (QED) is 0.304. The van der Waals surface area contributed by atoms with Crippen LogP contribution < -0.4 is 4.90 Å². The molecule has 2 aromatic carbocycles. The number of anilines is 1. The van der Waals surface area contributed by atoms with E-state index in [2.05, 4.69) is 123 Å². The maximum atomic E-state index is 9.75. The Morgan fingerprint density at radius 3 is 1.81 bits per heavy atom. The average Bonchev–Trinajstić information content (AvgIpc) is 2.74. The van der Waals surface area contributed by atoms with E-state index in [-0.39, 0.29) is 0 Å². The molecule has 0 heterocycles. The summed E-state index contributed by atoms with van der Waals surface area (Å²) in [6.45, 7) is 0. The molecular weight excluding hydrogens is 415 g/mol. The first-order chi connectivity index (χ1) is 15.0. The maximum absolute atomic E-state index is 9.75. The third kappa shape index (κ3) is 8.42. The van der Waals surface area contributed by atoms with Gasteiger partial charge in [-0.05, 0) is 46.6 Å². The van der Waals surface area contributed by atoms with Crippen molar-refractivity contribution in [3.05, 3.63) is 102 Å².